The first kappa shape index (κ1) is 17.7. The molecule has 0 amide bonds. The van der Waals surface area contributed by atoms with E-state index in [4.69, 9.17) is 9.47 Å². The highest BCUT2D eigenvalue weighted by atomic mass is 19.1. The summed E-state index contributed by atoms with van der Waals surface area (Å²) < 4.78 is 24.2. The van der Waals surface area contributed by atoms with E-state index in [1.54, 1.807) is 26.3 Å². The normalized spacial score (nSPS) is 22.3. The molecule has 1 aromatic rings. The van der Waals surface area contributed by atoms with E-state index in [1.165, 1.54) is 12.1 Å². The van der Waals surface area contributed by atoms with Crippen molar-refractivity contribution in [2.75, 3.05) is 40.4 Å². The Morgan fingerprint density at radius 3 is 2.78 bits per heavy atom. The number of hydrogen-bond acceptors (Lipinski definition) is 3. The average molecular weight is 323 g/mol. The van der Waals surface area contributed by atoms with Crippen LogP contribution >= 0.6 is 0 Å². The first-order chi connectivity index (χ1) is 11.1. The summed E-state index contributed by atoms with van der Waals surface area (Å²) in [5.41, 5.74) is 0.984. The predicted molar refractivity (Wildman–Crippen MR) is 89.1 cm³/mol. The molecule has 1 heterocycles. The molecule has 1 aliphatic rings. The molecule has 0 radical (unpaired) electrons. The zero-order chi connectivity index (χ0) is 16.7. The number of halogens is 1. The third-order valence-corrected chi connectivity index (χ3v) is 3.82. The third-order valence-electron chi connectivity index (χ3n) is 3.82. The number of morpholine rings is 1. The van der Waals surface area contributed by atoms with Gasteiger partial charge in [-0.05, 0) is 31.0 Å². The van der Waals surface area contributed by atoms with Gasteiger partial charge in [0.15, 0.2) is 5.96 Å². The summed E-state index contributed by atoms with van der Waals surface area (Å²) in [7, 11) is 3.48. The lowest BCUT2D eigenvalue weighted by atomic mass is 10.1. The Morgan fingerprint density at radius 2 is 2.13 bits per heavy atom. The zero-order valence-corrected chi connectivity index (χ0v) is 14.1. The molecule has 1 saturated heterocycles. The van der Waals surface area contributed by atoms with Gasteiger partial charge in [-0.15, -0.1) is 0 Å². The predicted octanol–water partition coefficient (Wildman–Crippen LogP) is 2.20. The van der Waals surface area contributed by atoms with Gasteiger partial charge >= 0.3 is 0 Å². The maximum atomic E-state index is 13.1. The lowest BCUT2D eigenvalue weighted by Crippen LogP contribution is -2.50. The van der Waals surface area contributed by atoms with Gasteiger partial charge in [-0.1, -0.05) is 12.1 Å². The van der Waals surface area contributed by atoms with E-state index in [2.05, 4.69) is 15.2 Å². The van der Waals surface area contributed by atoms with E-state index < -0.39 is 0 Å². The number of ether oxygens (including phenoxy) is 2. The number of hydrogen-bond donors (Lipinski definition) is 1. The Morgan fingerprint density at radius 1 is 1.39 bits per heavy atom. The van der Waals surface area contributed by atoms with Crippen molar-refractivity contribution in [2.45, 2.75) is 25.6 Å². The molecule has 1 fully saturated rings. The van der Waals surface area contributed by atoms with Crippen molar-refractivity contribution in [3.63, 3.8) is 0 Å². The average Bonchev–Trinajstić information content (AvgIpc) is 2.55. The number of guanidine groups is 1. The number of benzene rings is 1. The molecule has 1 aromatic carbocycles. The van der Waals surface area contributed by atoms with Gasteiger partial charge in [-0.25, -0.2) is 4.39 Å². The maximum Gasteiger partial charge on any atom is 0.193 e. The van der Waals surface area contributed by atoms with Gasteiger partial charge < -0.3 is 19.7 Å². The smallest absolute Gasteiger partial charge is 0.193 e. The van der Waals surface area contributed by atoms with Crippen LogP contribution in [-0.4, -0.2) is 57.4 Å². The lowest BCUT2D eigenvalue weighted by Gasteiger charge is -2.38. The minimum Gasteiger partial charge on any atom is -0.385 e. The lowest BCUT2D eigenvalue weighted by molar-refractivity contribution is -0.0605. The molecule has 2 unspecified atom stereocenters. The molecular weight excluding hydrogens is 297 g/mol. The molecule has 0 aliphatic carbocycles. The van der Waals surface area contributed by atoms with Gasteiger partial charge in [-0.2, -0.15) is 0 Å². The van der Waals surface area contributed by atoms with E-state index in [0.717, 1.165) is 37.6 Å². The van der Waals surface area contributed by atoms with Crippen molar-refractivity contribution in [2.24, 2.45) is 4.99 Å². The number of aliphatic imine (C=N–C) groups is 1. The van der Waals surface area contributed by atoms with Crippen LogP contribution in [0.2, 0.25) is 0 Å². The second kappa shape index (κ2) is 8.84. The van der Waals surface area contributed by atoms with Crippen LogP contribution in [-0.2, 0) is 9.47 Å². The Kier molecular flexibility index (Phi) is 6.80. The Balaban J connectivity index is 1.99. The van der Waals surface area contributed by atoms with Crippen molar-refractivity contribution >= 4 is 5.96 Å². The molecule has 1 N–H and O–H groups in total. The van der Waals surface area contributed by atoms with Crippen LogP contribution in [0.3, 0.4) is 0 Å². The van der Waals surface area contributed by atoms with Crippen LogP contribution in [0.5, 0.6) is 0 Å². The fourth-order valence-corrected chi connectivity index (χ4v) is 2.73. The maximum absolute atomic E-state index is 13.1. The summed E-state index contributed by atoms with van der Waals surface area (Å²) in [6, 6.07) is 6.51. The molecule has 0 bridgehead atoms. The van der Waals surface area contributed by atoms with Gasteiger partial charge in [0.25, 0.3) is 0 Å². The largest absolute Gasteiger partial charge is 0.385 e. The summed E-state index contributed by atoms with van der Waals surface area (Å²) in [4.78, 5) is 6.55. The monoisotopic (exact) mass is 323 g/mol. The van der Waals surface area contributed by atoms with E-state index >= 15 is 0 Å². The van der Waals surface area contributed by atoms with Gasteiger partial charge in [0.1, 0.15) is 11.9 Å². The quantitative estimate of drug-likeness (QED) is 0.513. The fourth-order valence-electron chi connectivity index (χ4n) is 2.73. The molecule has 5 nitrogen and oxygen atoms in total. The highest BCUT2D eigenvalue weighted by Crippen LogP contribution is 2.25. The highest BCUT2D eigenvalue weighted by Gasteiger charge is 2.28. The fraction of sp³-hybridized carbons (Fsp3) is 0.588. The summed E-state index contributed by atoms with van der Waals surface area (Å²) in [6.45, 7) is 5.05. The molecule has 1 aliphatic heterocycles. The SMILES string of the molecule is CN=C(NCCCOC)N1CC(C)OC(c2ccc(F)cc2)C1. The Bertz CT molecular complexity index is 507. The van der Waals surface area contributed by atoms with Crippen LogP contribution in [0.25, 0.3) is 0 Å². The Labute approximate surface area is 137 Å². The van der Waals surface area contributed by atoms with Crippen LogP contribution in [0.1, 0.15) is 25.0 Å². The van der Waals surface area contributed by atoms with Crippen molar-refractivity contribution in [3.05, 3.63) is 35.6 Å². The molecule has 0 spiro atoms. The van der Waals surface area contributed by atoms with E-state index in [1.807, 2.05) is 6.92 Å². The van der Waals surface area contributed by atoms with Crippen molar-refractivity contribution in [1.82, 2.24) is 10.2 Å². The molecule has 0 saturated carbocycles. The molecular formula is C17H26FN3O2. The van der Waals surface area contributed by atoms with Gasteiger partial charge in [0, 0.05) is 33.9 Å². The van der Waals surface area contributed by atoms with Crippen molar-refractivity contribution in [3.8, 4) is 0 Å². The molecule has 23 heavy (non-hydrogen) atoms. The van der Waals surface area contributed by atoms with Crippen molar-refractivity contribution < 1.29 is 13.9 Å². The highest BCUT2D eigenvalue weighted by molar-refractivity contribution is 5.80. The second-order valence-corrected chi connectivity index (χ2v) is 5.71. The molecule has 2 rings (SSSR count). The summed E-state index contributed by atoms with van der Waals surface area (Å²) in [5, 5.41) is 3.36. The number of methoxy groups -OCH3 is 1. The molecule has 6 heteroatoms. The number of nitrogens with zero attached hydrogens (tertiary/aromatic N) is 2. The van der Waals surface area contributed by atoms with E-state index in [9.17, 15) is 4.39 Å². The summed E-state index contributed by atoms with van der Waals surface area (Å²) in [6.07, 6.45) is 0.921. The topological polar surface area (TPSA) is 46.1 Å². The first-order valence-corrected chi connectivity index (χ1v) is 7.99. The third kappa shape index (κ3) is 5.18. The first-order valence-electron chi connectivity index (χ1n) is 7.99. The minimum absolute atomic E-state index is 0.0799. The van der Waals surface area contributed by atoms with Gasteiger partial charge in [0.05, 0.1) is 12.6 Å². The summed E-state index contributed by atoms with van der Waals surface area (Å²) >= 11 is 0. The summed E-state index contributed by atoms with van der Waals surface area (Å²) in [5.74, 6) is 0.633. The second-order valence-electron chi connectivity index (χ2n) is 5.71. The molecule has 2 atom stereocenters. The van der Waals surface area contributed by atoms with Crippen molar-refractivity contribution in [1.29, 1.82) is 0 Å². The number of nitrogens with one attached hydrogen (secondary N) is 1. The van der Waals surface area contributed by atoms with Crippen LogP contribution in [0.15, 0.2) is 29.3 Å². The number of rotatable bonds is 5. The Hall–Kier alpha value is -1.66. The molecule has 0 aromatic heterocycles. The zero-order valence-electron chi connectivity index (χ0n) is 14.1. The standard InChI is InChI=1S/C17H26FN3O2/c1-13-11-21(17(19-2)20-9-4-10-22-3)12-16(23-13)14-5-7-15(18)8-6-14/h5-8,13,16H,4,9-12H2,1-3H3,(H,19,20). The van der Waals surface area contributed by atoms with Crippen LogP contribution in [0, 0.1) is 5.82 Å². The minimum atomic E-state index is -0.231. The van der Waals surface area contributed by atoms with E-state index in [0.29, 0.717) is 6.54 Å². The van der Waals surface area contributed by atoms with Crippen LogP contribution in [0.4, 0.5) is 4.39 Å². The van der Waals surface area contributed by atoms with Crippen LogP contribution < -0.4 is 5.32 Å². The van der Waals surface area contributed by atoms with Gasteiger partial charge in [-0.3, -0.25) is 4.99 Å². The van der Waals surface area contributed by atoms with E-state index in [-0.39, 0.29) is 18.0 Å². The molecule has 128 valence electrons. The van der Waals surface area contributed by atoms with Gasteiger partial charge in [0.2, 0.25) is 0 Å².